The lowest BCUT2D eigenvalue weighted by Crippen LogP contribution is -2.04. The Labute approximate surface area is 118 Å². The lowest BCUT2D eigenvalue weighted by molar-refractivity contribution is -0.137. The van der Waals surface area contributed by atoms with Crippen LogP contribution >= 0.6 is 0 Å². The van der Waals surface area contributed by atoms with Crippen LogP contribution in [0.5, 0.6) is 11.5 Å². The minimum atomic E-state index is -4.44. The average Bonchev–Trinajstić information content (AvgIpc) is 2.47. The van der Waals surface area contributed by atoms with Crippen LogP contribution in [0.25, 0.3) is 0 Å². The molecule has 0 heterocycles. The highest BCUT2D eigenvalue weighted by Crippen LogP contribution is 2.32. The van der Waals surface area contributed by atoms with Gasteiger partial charge in [0.25, 0.3) is 0 Å². The number of carbonyl (C=O) groups excluding carboxylic acids is 2. The third kappa shape index (κ3) is 3.68. The van der Waals surface area contributed by atoms with Gasteiger partial charge in [-0.25, -0.2) is 0 Å². The summed E-state index contributed by atoms with van der Waals surface area (Å²) in [4.78, 5) is 21.4. The number of ether oxygens (including phenoxy) is 1. The molecule has 0 aliphatic carbocycles. The van der Waals surface area contributed by atoms with Crippen LogP contribution in [0.15, 0.2) is 48.5 Å². The van der Waals surface area contributed by atoms with E-state index in [1.807, 2.05) is 0 Å². The lowest BCUT2D eigenvalue weighted by atomic mass is 10.1. The second-order valence-corrected chi connectivity index (χ2v) is 4.13. The summed E-state index contributed by atoms with van der Waals surface area (Å²) in [6, 6.07) is 9.97. The summed E-state index contributed by atoms with van der Waals surface area (Å²) in [6.45, 7) is 0. The molecule has 0 atom stereocenters. The number of benzene rings is 2. The fourth-order valence-corrected chi connectivity index (χ4v) is 1.63. The van der Waals surface area contributed by atoms with Crippen LogP contribution in [0.4, 0.5) is 13.2 Å². The first-order valence-corrected chi connectivity index (χ1v) is 5.85. The molecule has 0 amide bonds. The Morgan fingerprint density at radius 1 is 1.00 bits per heavy atom. The Hall–Kier alpha value is -2.63. The molecule has 0 saturated heterocycles. The molecule has 6 heteroatoms. The quantitative estimate of drug-likeness (QED) is 0.488. The molecule has 0 saturated carbocycles. The van der Waals surface area contributed by atoms with Gasteiger partial charge in [0.1, 0.15) is 11.5 Å². The van der Waals surface area contributed by atoms with Crippen molar-refractivity contribution in [2.45, 2.75) is 6.18 Å². The number of halogens is 3. The van der Waals surface area contributed by atoms with Crippen LogP contribution in [-0.2, 0) is 11.0 Å². The topological polar surface area (TPSA) is 43.4 Å². The van der Waals surface area contributed by atoms with Gasteiger partial charge in [-0.05, 0) is 42.5 Å². The molecule has 3 nitrogen and oxygen atoms in total. The van der Waals surface area contributed by atoms with Gasteiger partial charge in [-0.1, -0.05) is 6.07 Å². The largest absolute Gasteiger partial charge is 0.457 e. The summed E-state index contributed by atoms with van der Waals surface area (Å²) in [5.41, 5.74) is -0.630. The van der Waals surface area contributed by atoms with Gasteiger partial charge in [-0.2, -0.15) is 13.2 Å². The monoisotopic (exact) mass is 294 g/mol. The van der Waals surface area contributed by atoms with Gasteiger partial charge in [0.05, 0.1) is 5.56 Å². The Balaban J connectivity index is 2.19. The second kappa shape index (κ2) is 5.78. The number of hydrogen-bond acceptors (Lipinski definition) is 3. The van der Waals surface area contributed by atoms with Crippen LogP contribution in [0, 0.1) is 0 Å². The fraction of sp³-hybridized carbons (Fsp3) is 0.0667. The average molecular weight is 294 g/mol. The molecule has 0 aliphatic heterocycles. The van der Waals surface area contributed by atoms with Crippen LogP contribution in [0.2, 0.25) is 0 Å². The second-order valence-electron chi connectivity index (χ2n) is 4.13. The summed E-state index contributed by atoms with van der Waals surface area (Å²) in [6.07, 6.45) is -4.26. The first kappa shape index (κ1) is 14.8. The van der Waals surface area contributed by atoms with Crippen LogP contribution in [0.3, 0.4) is 0 Å². The molecule has 21 heavy (non-hydrogen) atoms. The van der Waals surface area contributed by atoms with Gasteiger partial charge in [-0.15, -0.1) is 0 Å². The molecule has 0 spiro atoms. The van der Waals surface area contributed by atoms with E-state index in [1.54, 1.807) is 0 Å². The van der Waals surface area contributed by atoms with E-state index in [2.05, 4.69) is 0 Å². The molecule has 0 aliphatic rings. The first-order valence-electron chi connectivity index (χ1n) is 5.85. The van der Waals surface area contributed by atoms with Crippen LogP contribution < -0.4 is 4.74 Å². The number of Topliss-reactive ketones (excluding diaryl/α,β-unsaturated/α-hetero) is 1. The SMILES string of the molecule is O=CC(=O)c1ccc(Oc2cccc(C(F)(F)F)c2)cc1. The molecule has 2 rings (SSSR count). The van der Waals surface area contributed by atoms with Gasteiger partial charge in [0, 0.05) is 5.56 Å². The van der Waals surface area contributed by atoms with Crippen LogP contribution in [-0.4, -0.2) is 12.1 Å². The summed E-state index contributed by atoms with van der Waals surface area (Å²) in [5, 5.41) is 0. The maximum absolute atomic E-state index is 12.6. The lowest BCUT2D eigenvalue weighted by Gasteiger charge is -2.10. The Morgan fingerprint density at radius 2 is 1.67 bits per heavy atom. The van der Waals surface area contributed by atoms with E-state index >= 15 is 0 Å². The Bertz CT molecular complexity index is 661. The molecule has 2 aromatic carbocycles. The summed E-state index contributed by atoms with van der Waals surface area (Å²) >= 11 is 0. The van der Waals surface area contributed by atoms with E-state index in [9.17, 15) is 22.8 Å². The summed E-state index contributed by atoms with van der Waals surface area (Å²) < 4.78 is 43.0. The Kier molecular flexibility index (Phi) is 4.07. The van der Waals surface area contributed by atoms with Gasteiger partial charge < -0.3 is 4.74 Å². The number of aldehydes is 1. The molecule has 0 fully saturated rings. The molecule has 0 bridgehead atoms. The zero-order valence-corrected chi connectivity index (χ0v) is 10.6. The third-order valence-electron chi connectivity index (χ3n) is 2.64. The molecular formula is C15H9F3O3. The van der Waals surface area contributed by atoms with E-state index in [1.165, 1.54) is 36.4 Å². The number of alkyl halides is 3. The highest BCUT2D eigenvalue weighted by Gasteiger charge is 2.30. The normalized spacial score (nSPS) is 11.0. The van der Waals surface area contributed by atoms with E-state index in [0.29, 0.717) is 0 Å². The molecule has 0 N–H and O–H groups in total. The summed E-state index contributed by atoms with van der Waals surface area (Å²) in [7, 11) is 0. The fourth-order valence-electron chi connectivity index (χ4n) is 1.63. The molecule has 0 unspecified atom stereocenters. The van der Waals surface area contributed by atoms with Crippen molar-refractivity contribution >= 4 is 12.1 Å². The minimum absolute atomic E-state index is 0.0271. The highest BCUT2D eigenvalue weighted by molar-refractivity contribution is 6.33. The van der Waals surface area contributed by atoms with Crippen molar-refractivity contribution in [1.29, 1.82) is 0 Å². The Morgan fingerprint density at radius 3 is 2.24 bits per heavy atom. The van der Waals surface area contributed by atoms with Gasteiger partial charge in [-0.3, -0.25) is 9.59 Å². The van der Waals surface area contributed by atoms with Gasteiger partial charge >= 0.3 is 6.18 Å². The predicted octanol–water partition coefficient (Wildman–Crippen LogP) is 3.88. The molecule has 0 radical (unpaired) electrons. The predicted molar refractivity (Wildman–Crippen MR) is 68.4 cm³/mol. The third-order valence-corrected chi connectivity index (χ3v) is 2.64. The van der Waals surface area contributed by atoms with Crippen molar-refractivity contribution in [1.82, 2.24) is 0 Å². The maximum Gasteiger partial charge on any atom is 0.416 e. The number of carbonyl (C=O) groups is 2. The molecule has 2 aromatic rings. The van der Waals surface area contributed by atoms with Crippen molar-refractivity contribution in [3.63, 3.8) is 0 Å². The molecule has 108 valence electrons. The van der Waals surface area contributed by atoms with E-state index in [4.69, 9.17) is 4.74 Å². The smallest absolute Gasteiger partial charge is 0.416 e. The van der Waals surface area contributed by atoms with Crippen molar-refractivity contribution in [3.8, 4) is 11.5 Å². The minimum Gasteiger partial charge on any atom is -0.457 e. The molecule has 0 aromatic heterocycles. The number of hydrogen-bond donors (Lipinski definition) is 0. The zero-order valence-electron chi connectivity index (χ0n) is 10.6. The molecular weight excluding hydrogens is 285 g/mol. The first-order chi connectivity index (χ1) is 9.90. The number of ketones is 1. The van der Waals surface area contributed by atoms with Crippen molar-refractivity contribution in [2.24, 2.45) is 0 Å². The van der Waals surface area contributed by atoms with Crippen molar-refractivity contribution in [3.05, 3.63) is 59.7 Å². The van der Waals surface area contributed by atoms with E-state index in [0.717, 1.165) is 12.1 Å². The van der Waals surface area contributed by atoms with Crippen LogP contribution in [0.1, 0.15) is 15.9 Å². The number of rotatable bonds is 4. The van der Waals surface area contributed by atoms with Gasteiger partial charge in [0.2, 0.25) is 5.78 Å². The standard InChI is InChI=1S/C15H9F3O3/c16-15(17,18)11-2-1-3-13(8-11)21-12-6-4-10(5-7-12)14(20)9-19/h1-9H. The zero-order chi connectivity index (χ0) is 15.5. The van der Waals surface area contributed by atoms with Gasteiger partial charge in [0.15, 0.2) is 6.29 Å². The van der Waals surface area contributed by atoms with E-state index < -0.39 is 17.5 Å². The van der Waals surface area contributed by atoms with Crippen molar-refractivity contribution in [2.75, 3.05) is 0 Å². The van der Waals surface area contributed by atoms with E-state index in [-0.39, 0.29) is 23.3 Å². The van der Waals surface area contributed by atoms with Crippen molar-refractivity contribution < 1.29 is 27.5 Å². The highest BCUT2D eigenvalue weighted by atomic mass is 19.4. The summed E-state index contributed by atoms with van der Waals surface area (Å²) in [5.74, 6) is -0.392. The maximum atomic E-state index is 12.6.